The predicted octanol–water partition coefficient (Wildman–Crippen LogP) is -0.581. The molecule has 0 atom stereocenters. The van der Waals surface area contributed by atoms with Gasteiger partial charge in [0, 0.05) is 0 Å². The predicted molar refractivity (Wildman–Crippen MR) is 46.3 cm³/mol. The lowest BCUT2D eigenvalue weighted by Gasteiger charge is -1.99. The maximum absolute atomic E-state index is 10.5. The largest absolute Gasteiger partial charge is 0.545 e. The van der Waals surface area contributed by atoms with Gasteiger partial charge in [-0.2, -0.15) is 0 Å². The number of H-pyrrole nitrogens is 1. The summed E-state index contributed by atoms with van der Waals surface area (Å²) in [6.07, 6.45) is 0. The van der Waals surface area contributed by atoms with Crippen LogP contribution in [0.3, 0.4) is 0 Å². The van der Waals surface area contributed by atoms with Crippen molar-refractivity contribution in [2.45, 2.75) is 6.61 Å². The van der Waals surface area contributed by atoms with Gasteiger partial charge in [0.25, 0.3) is 0 Å². The zero-order chi connectivity index (χ0) is 10.1. The summed E-state index contributed by atoms with van der Waals surface area (Å²) in [6, 6.07) is 4.41. The topological polar surface area (TPSA) is 89.0 Å². The van der Waals surface area contributed by atoms with Crippen LogP contribution in [0.25, 0.3) is 11.0 Å². The zero-order valence-corrected chi connectivity index (χ0v) is 7.15. The number of nitrogens with one attached hydrogen (secondary N) is 1. The van der Waals surface area contributed by atoms with Crippen molar-refractivity contribution in [3.8, 4) is 0 Å². The summed E-state index contributed by atoms with van der Waals surface area (Å²) >= 11 is 0. The number of carbonyl (C=O) groups is 1. The van der Waals surface area contributed by atoms with E-state index >= 15 is 0 Å². The Morgan fingerprint density at radius 2 is 2.36 bits per heavy atom. The number of rotatable bonds is 2. The summed E-state index contributed by atoms with van der Waals surface area (Å²) in [5.74, 6) is -0.817. The summed E-state index contributed by atoms with van der Waals surface area (Å²) in [6.45, 7) is -0.199. The van der Waals surface area contributed by atoms with Crippen molar-refractivity contribution in [2.75, 3.05) is 0 Å². The molecule has 5 heteroatoms. The molecule has 72 valence electrons. The number of aromatic nitrogens is 2. The standard InChI is InChI=1S/C9H8N2O3/c12-4-8-10-6-2-1-5(9(13)14)3-7(6)11-8/h1-3,12H,4H2,(H,10,11)(H,13,14)/p-1. The number of hydrogen-bond donors (Lipinski definition) is 2. The normalized spacial score (nSPS) is 10.6. The van der Waals surface area contributed by atoms with Gasteiger partial charge in [-0.05, 0) is 17.7 Å². The van der Waals surface area contributed by atoms with E-state index in [4.69, 9.17) is 5.11 Å². The van der Waals surface area contributed by atoms with Gasteiger partial charge in [-0.25, -0.2) is 4.98 Å². The first-order chi connectivity index (χ1) is 6.70. The van der Waals surface area contributed by atoms with Crippen LogP contribution in [0, 0.1) is 0 Å². The van der Waals surface area contributed by atoms with Gasteiger partial charge in [-0.1, -0.05) is 6.07 Å². The molecule has 1 heterocycles. The quantitative estimate of drug-likeness (QED) is 0.664. The number of carboxylic acid groups (broad SMARTS) is 1. The molecule has 0 aliphatic heterocycles. The van der Waals surface area contributed by atoms with E-state index in [0.717, 1.165) is 0 Å². The van der Waals surface area contributed by atoms with Gasteiger partial charge >= 0.3 is 0 Å². The van der Waals surface area contributed by atoms with E-state index in [9.17, 15) is 9.90 Å². The van der Waals surface area contributed by atoms with Crippen molar-refractivity contribution in [3.63, 3.8) is 0 Å². The van der Waals surface area contributed by atoms with Crippen LogP contribution in [0.15, 0.2) is 18.2 Å². The third kappa shape index (κ3) is 1.33. The minimum Gasteiger partial charge on any atom is -0.545 e. The molecule has 0 fully saturated rings. The molecule has 14 heavy (non-hydrogen) atoms. The molecule has 0 aliphatic rings. The van der Waals surface area contributed by atoms with Crippen LogP contribution in [0.4, 0.5) is 0 Å². The lowest BCUT2D eigenvalue weighted by Crippen LogP contribution is -2.21. The second kappa shape index (κ2) is 3.12. The first-order valence-electron chi connectivity index (χ1n) is 4.01. The Balaban J connectivity index is 2.59. The van der Waals surface area contributed by atoms with E-state index in [0.29, 0.717) is 16.9 Å². The molecule has 0 saturated carbocycles. The van der Waals surface area contributed by atoms with Crippen molar-refractivity contribution >= 4 is 17.0 Å². The monoisotopic (exact) mass is 191 g/mol. The first kappa shape index (κ1) is 8.71. The molecule has 0 saturated heterocycles. The molecule has 0 bridgehead atoms. The molecule has 2 rings (SSSR count). The van der Waals surface area contributed by atoms with E-state index in [2.05, 4.69) is 9.97 Å². The highest BCUT2D eigenvalue weighted by Gasteiger charge is 2.02. The summed E-state index contributed by atoms with van der Waals surface area (Å²) in [5, 5.41) is 19.3. The number of nitrogens with zero attached hydrogens (tertiary/aromatic N) is 1. The number of benzene rings is 1. The van der Waals surface area contributed by atoms with Gasteiger partial charge in [0.05, 0.1) is 17.0 Å². The van der Waals surface area contributed by atoms with Gasteiger partial charge in [0.1, 0.15) is 12.4 Å². The first-order valence-corrected chi connectivity index (χ1v) is 4.01. The Morgan fingerprint density at radius 3 is 3.00 bits per heavy atom. The van der Waals surface area contributed by atoms with Crippen LogP contribution in [-0.2, 0) is 6.61 Å². The van der Waals surface area contributed by atoms with Crippen LogP contribution in [0.1, 0.15) is 16.2 Å². The van der Waals surface area contributed by atoms with Crippen LogP contribution < -0.4 is 5.11 Å². The second-order valence-corrected chi connectivity index (χ2v) is 2.86. The third-order valence-electron chi connectivity index (χ3n) is 1.92. The Hall–Kier alpha value is -1.88. The number of hydrogen-bond acceptors (Lipinski definition) is 4. The molecule has 0 unspecified atom stereocenters. The summed E-state index contributed by atoms with van der Waals surface area (Å²) in [7, 11) is 0. The molecular formula is C9H7N2O3-. The summed E-state index contributed by atoms with van der Waals surface area (Å²) < 4.78 is 0. The van der Waals surface area contributed by atoms with Gasteiger partial charge in [0.15, 0.2) is 0 Å². The smallest absolute Gasteiger partial charge is 0.133 e. The van der Waals surface area contributed by atoms with Crippen LogP contribution >= 0.6 is 0 Å². The molecule has 0 spiro atoms. The van der Waals surface area contributed by atoms with E-state index in [-0.39, 0.29) is 12.2 Å². The van der Waals surface area contributed by atoms with Crippen molar-refractivity contribution in [2.24, 2.45) is 0 Å². The van der Waals surface area contributed by atoms with Crippen LogP contribution in [-0.4, -0.2) is 21.0 Å². The fourth-order valence-corrected chi connectivity index (χ4v) is 1.26. The van der Waals surface area contributed by atoms with Crippen molar-refractivity contribution < 1.29 is 15.0 Å². The molecule has 1 aromatic carbocycles. The third-order valence-corrected chi connectivity index (χ3v) is 1.92. The van der Waals surface area contributed by atoms with Gasteiger partial charge in [-0.3, -0.25) is 0 Å². The van der Waals surface area contributed by atoms with E-state index in [1.54, 1.807) is 6.07 Å². The highest BCUT2D eigenvalue weighted by molar-refractivity contribution is 5.90. The number of aliphatic hydroxyl groups excluding tert-OH is 1. The molecule has 0 amide bonds. The number of carboxylic acids is 1. The van der Waals surface area contributed by atoms with E-state index in [1.807, 2.05) is 0 Å². The zero-order valence-electron chi connectivity index (χ0n) is 7.15. The number of carbonyl (C=O) groups excluding carboxylic acids is 1. The van der Waals surface area contributed by atoms with Crippen molar-refractivity contribution in [1.29, 1.82) is 0 Å². The molecule has 2 N–H and O–H groups in total. The van der Waals surface area contributed by atoms with Gasteiger partial charge < -0.3 is 20.0 Å². The maximum atomic E-state index is 10.5. The molecule has 2 aromatic rings. The lowest BCUT2D eigenvalue weighted by atomic mass is 10.2. The lowest BCUT2D eigenvalue weighted by molar-refractivity contribution is -0.255. The van der Waals surface area contributed by atoms with E-state index in [1.165, 1.54) is 12.1 Å². The highest BCUT2D eigenvalue weighted by Crippen LogP contribution is 2.13. The Labute approximate surface area is 79.0 Å². The SMILES string of the molecule is O=C([O-])c1ccc2nc(CO)[nH]c2c1. The van der Waals surface area contributed by atoms with Crippen molar-refractivity contribution in [3.05, 3.63) is 29.6 Å². The molecule has 1 aromatic heterocycles. The molecule has 0 radical (unpaired) electrons. The number of aromatic amines is 1. The number of imidazole rings is 1. The Morgan fingerprint density at radius 1 is 1.57 bits per heavy atom. The maximum Gasteiger partial charge on any atom is 0.133 e. The molecule has 0 aliphatic carbocycles. The van der Waals surface area contributed by atoms with Gasteiger partial charge in [0.2, 0.25) is 0 Å². The Bertz CT molecular complexity index is 490. The minimum atomic E-state index is -1.23. The summed E-state index contributed by atoms with van der Waals surface area (Å²) in [4.78, 5) is 17.3. The average Bonchev–Trinajstić information content (AvgIpc) is 2.58. The van der Waals surface area contributed by atoms with Gasteiger partial charge in [-0.15, -0.1) is 0 Å². The Kier molecular flexibility index (Phi) is 1.94. The van der Waals surface area contributed by atoms with E-state index < -0.39 is 5.97 Å². The number of aromatic carboxylic acids is 1. The average molecular weight is 191 g/mol. The fraction of sp³-hybridized carbons (Fsp3) is 0.111. The second-order valence-electron chi connectivity index (χ2n) is 2.86. The number of fused-ring (bicyclic) bond motifs is 1. The summed E-state index contributed by atoms with van der Waals surface area (Å²) in [5.41, 5.74) is 1.29. The highest BCUT2D eigenvalue weighted by atomic mass is 16.4. The van der Waals surface area contributed by atoms with Crippen LogP contribution in [0.2, 0.25) is 0 Å². The number of aliphatic hydroxyl groups is 1. The fourth-order valence-electron chi connectivity index (χ4n) is 1.26. The molecular weight excluding hydrogens is 184 g/mol. The molecule has 5 nitrogen and oxygen atoms in total. The minimum absolute atomic E-state index is 0.0886. The van der Waals surface area contributed by atoms with Crippen molar-refractivity contribution in [1.82, 2.24) is 9.97 Å². The van der Waals surface area contributed by atoms with Crippen LogP contribution in [0.5, 0.6) is 0 Å².